The summed E-state index contributed by atoms with van der Waals surface area (Å²) in [5, 5.41) is 11.5. The van der Waals surface area contributed by atoms with E-state index in [9.17, 15) is 14.7 Å². The molecule has 0 aliphatic carbocycles. The standard InChI is InChI=1S/C30H29NO6/c1-18(2)37-24-8-4-6-20(17-24)27-26(28(32)21-9-14-25-19(16-21)7-5-15-36-25)29(33)30(34)31(27)22-10-12-23(35-3)13-11-22/h4,6,8-14,16-18,27,32H,5,7,15H2,1-3H3/b28-26-. The highest BCUT2D eigenvalue weighted by molar-refractivity contribution is 6.51. The van der Waals surface area contributed by atoms with Crippen LogP contribution < -0.4 is 19.1 Å². The third-order valence-corrected chi connectivity index (χ3v) is 6.52. The zero-order valence-corrected chi connectivity index (χ0v) is 21.1. The second kappa shape index (κ2) is 10.0. The van der Waals surface area contributed by atoms with Gasteiger partial charge >= 0.3 is 0 Å². The van der Waals surface area contributed by atoms with Crippen LogP contribution in [0.15, 0.2) is 72.3 Å². The third kappa shape index (κ3) is 4.65. The Morgan fingerprint density at radius 1 is 1.03 bits per heavy atom. The topological polar surface area (TPSA) is 85.3 Å². The van der Waals surface area contributed by atoms with Crippen molar-refractivity contribution in [3.63, 3.8) is 0 Å². The van der Waals surface area contributed by atoms with Gasteiger partial charge in [-0.15, -0.1) is 0 Å². The number of hydrogen-bond donors (Lipinski definition) is 1. The lowest BCUT2D eigenvalue weighted by Crippen LogP contribution is -2.29. The summed E-state index contributed by atoms with van der Waals surface area (Å²) in [7, 11) is 1.56. The fraction of sp³-hybridized carbons (Fsp3) is 0.267. The number of methoxy groups -OCH3 is 1. The number of benzene rings is 3. The van der Waals surface area contributed by atoms with Crippen molar-refractivity contribution in [2.24, 2.45) is 0 Å². The number of carbonyl (C=O) groups excluding carboxylic acids is 2. The molecule has 1 amide bonds. The zero-order chi connectivity index (χ0) is 26.1. The number of hydrogen-bond acceptors (Lipinski definition) is 6. The maximum absolute atomic E-state index is 13.5. The summed E-state index contributed by atoms with van der Waals surface area (Å²) in [6.45, 7) is 4.51. The van der Waals surface area contributed by atoms with Crippen LogP contribution in [-0.4, -0.2) is 36.6 Å². The lowest BCUT2D eigenvalue weighted by Gasteiger charge is -2.26. The Balaban J connectivity index is 1.67. The third-order valence-electron chi connectivity index (χ3n) is 6.52. The molecule has 2 heterocycles. The number of Topliss-reactive ketones (excluding diaryl/α,β-unsaturated/α-hetero) is 1. The molecule has 3 aromatic carbocycles. The first-order valence-electron chi connectivity index (χ1n) is 12.3. The van der Waals surface area contributed by atoms with E-state index in [4.69, 9.17) is 14.2 Å². The van der Waals surface area contributed by atoms with Crippen molar-refractivity contribution in [2.45, 2.75) is 38.8 Å². The minimum absolute atomic E-state index is 0.0270. The number of ether oxygens (including phenoxy) is 3. The minimum atomic E-state index is -0.851. The van der Waals surface area contributed by atoms with Crippen LogP contribution in [0.3, 0.4) is 0 Å². The van der Waals surface area contributed by atoms with E-state index in [2.05, 4.69) is 0 Å². The van der Waals surface area contributed by atoms with Crippen molar-refractivity contribution in [2.75, 3.05) is 18.6 Å². The molecule has 7 heteroatoms. The summed E-state index contributed by atoms with van der Waals surface area (Å²) in [5.74, 6) is 0.328. The Hall–Kier alpha value is -4.26. The van der Waals surface area contributed by atoms with Gasteiger partial charge in [-0.1, -0.05) is 12.1 Å². The number of fused-ring (bicyclic) bond motifs is 1. The highest BCUT2D eigenvalue weighted by atomic mass is 16.5. The Kier molecular flexibility index (Phi) is 6.61. The Labute approximate surface area is 215 Å². The van der Waals surface area contributed by atoms with Crippen LogP contribution in [0, 0.1) is 0 Å². The molecule has 0 radical (unpaired) electrons. The molecule has 5 rings (SSSR count). The first kappa shape index (κ1) is 24.4. The number of anilines is 1. The van der Waals surface area contributed by atoms with Gasteiger partial charge in [0.15, 0.2) is 0 Å². The van der Waals surface area contributed by atoms with E-state index in [0.717, 1.165) is 24.2 Å². The predicted molar refractivity (Wildman–Crippen MR) is 140 cm³/mol. The Morgan fingerprint density at radius 3 is 2.54 bits per heavy atom. The van der Waals surface area contributed by atoms with Gasteiger partial charge in [-0.2, -0.15) is 0 Å². The van der Waals surface area contributed by atoms with Crippen LogP contribution >= 0.6 is 0 Å². The van der Waals surface area contributed by atoms with E-state index >= 15 is 0 Å². The lowest BCUT2D eigenvalue weighted by atomic mass is 9.93. The largest absolute Gasteiger partial charge is 0.507 e. The van der Waals surface area contributed by atoms with Gasteiger partial charge in [0.2, 0.25) is 0 Å². The molecule has 190 valence electrons. The molecule has 0 spiro atoms. The summed E-state index contributed by atoms with van der Waals surface area (Å²) in [5.41, 5.74) is 2.62. The van der Waals surface area contributed by atoms with Crippen LogP contribution in [-0.2, 0) is 16.0 Å². The van der Waals surface area contributed by atoms with Crippen LogP contribution in [0.2, 0.25) is 0 Å². The smallest absolute Gasteiger partial charge is 0.300 e. The van der Waals surface area contributed by atoms with Gasteiger partial charge in [0.05, 0.1) is 31.4 Å². The number of amides is 1. The molecule has 1 N–H and O–H groups in total. The summed E-state index contributed by atoms with van der Waals surface area (Å²) in [6.07, 6.45) is 1.64. The molecule has 0 bridgehead atoms. The van der Waals surface area contributed by atoms with Crippen molar-refractivity contribution in [3.8, 4) is 17.2 Å². The molecular formula is C30H29NO6. The first-order valence-corrected chi connectivity index (χ1v) is 12.3. The molecule has 1 atom stereocenters. The van der Waals surface area contributed by atoms with Crippen molar-refractivity contribution >= 4 is 23.1 Å². The van der Waals surface area contributed by atoms with Crippen LogP contribution in [0.25, 0.3) is 5.76 Å². The van der Waals surface area contributed by atoms with Gasteiger partial charge in [0.25, 0.3) is 11.7 Å². The fourth-order valence-corrected chi connectivity index (χ4v) is 4.85. The number of carbonyl (C=O) groups is 2. The normalized spacial score (nSPS) is 18.5. The van der Waals surface area contributed by atoms with Crippen LogP contribution in [0.1, 0.15) is 43.0 Å². The predicted octanol–water partition coefficient (Wildman–Crippen LogP) is 5.43. The SMILES string of the molecule is COc1ccc(N2C(=O)C(=O)/C(=C(\O)c3ccc4c(c3)CCCO4)C2c2cccc(OC(C)C)c2)cc1. The molecule has 2 aliphatic rings. The molecule has 1 saturated heterocycles. The molecule has 7 nitrogen and oxygen atoms in total. The number of nitrogens with zero attached hydrogens (tertiary/aromatic N) is 1. The quantitative estimate of drug-likeness (QED) is 0.276. The number of aliphatic hydroxyl groups excluding tert-OH is 1. The second-order valence-electron chi connectivity index (χ2n) is 9.38. The number of aryl methyl sites for hydroxylation is 1. The molecule has 0 aromatic heterocycles. The molecular weight excluding hydrogens is 470 g/mol. The van der Waals surface area contributed by atoms with Gasteiger partial charge in [-0.3, -0.25) is 14.5 Å². The second-order valence-corrected chi connectivity index (χ2v) is 9.38. The number of ketones is 1. The first-order chi connectivity index (χ1) is 17.9. The molecule has 1 fully saturated rings. The van der Waals surface area contributed by atoms with Gasteiger partial charge < -0.3 is 19.3 Å². The van der Waals surface area contributed by atoms with E-state index in [1.54, 1.807) is 49.6 Å². The van der Waals surface area contributed by atoms with Gasteiger partial charge in [-0.25, -0.2) is 0 Å². The highest BCUT2D eigenvalue weighted by Crippen LogP contribution is 2.43. The van der Waals surface area contributed by atoms with Crippen LogP contribution in [0.5, 0.6) is 17.2 Å². The summed E-state index contributed by atoms with van der Waals surface area (Å²) in [6, 6.07) is 18.7. The maximum atomic E-state index is 13.5. The van der Waals surface area contributed by atoms with Gasteiger partial charge in [0.1, 0.15) is 23.0 Å². The number of rotatable bonds is 6. The Bertz CT molecular complexity index is 1380. The van der Waals surface area contributed by atoms with Crippen molar-refractivity contribution < 1.29 is 28.9 Å². The number of aliphatic hydroxyl groups is 1. The average Bonchev–Trinajstić information content (AvgIpc) is 3.18. The highest BCUT2D eigenvalue weighted by Gasteiger charge is 2.47. The van der Waals surface area contributed by atoms with Crippen LogP contribution in [0.4, 0.5) is 5.69 Å². The fourth-order valence-electron chi connectivity index (χ4n) is 4.85. The van der Waals surface area contributed by atoms with Gasteiger partial charge in [0, 0.05) is 11.3 Å². The van der Waals surface area contributed by atoms with Gasteiger partial charge in [-0.05, 0) is 92.4 Å². The zero-order valence-electron chi connectivity index (χ0n) is 21.1. The van der Waals surface area contributed by atoms with E-state index in [1.807, 2.05) is 38.1 Å². The van der Waals surface area contributed by atoms with E-state index in [-0.39, 0.29) is 17.4 Å². The summed E-state index contributed by atoms with van der Waals surface area (Å²) < 4.78 is 16.8. The maximum Gasteiger partial charge on any atom is 0.300 e. The molecule has 1 unspecified atom stereocenters. The van der Waals surface area contributed by atoms with Crippen molar-refractivity contribution in [3.05, 3.63) is 89.0 Å². The van der Waals surface area contributed by atoms with E-state index in [0.29, 0.717) is 34.9 Å². The Morgan fingerprint density at radius 2 is 1.81 bits per heavy atom. The minimum Gasteiger partial charge on any atom is -0.507 e. The molecule has 0 saturated carbocycles. The monoisotopic (exact) mass is 499 g/mol. The van der Waals surface area contributed by atoms with Crippen molar-refractivity contribution in [1.82, 2.24) is 0 Å². The summed E-state index contributed by atoms with van der Waals surface area (Å²) >= 11 is 0. The van der Waals surface area contributed by atoms with E-state index < -0.39 is 17.7 Å². The lowest BCUT2D eigenvalue weighted by molar-refractivity contribution is -0.132. The molecule has 37 heavy (non-hydrogen) atoms. The summed E-state index contributed by atoms with van der Waals surface area (Å²) in [4.78, 5) is 28.3. The van der Waals surface area contributed by atoms with Crippen molar-refractivity contribution in [1.29, 1.82) is 0 Å². The van der Waals surface area contributed by atoms with E-state index in [1.165, 1.54) is 4.90 Å². The molecule has 3 aromatic rings. The molecule has 2 aliphatic heterocycles. The average molecular weight is 500 g/mol.